The predicted molar refractivity (Wildman–Crippen MR) is 65.5 cm³/mol. The maximum Gasteiger partial charge on any atom is 0.0972 e. The Balaban J connectivity index is 2.38. The fourth-order valence-electron chi connectivity index (χ4n) is 2.30. The van der Waals surface area contributed by atoms with E-state index in [0.29, 0.717) is 0 Å². The zero-order chi connectivity index (χ0) is 10.5. The molecule has 3 nitrogen and oxygen atoms in total. The summed E-state index contributed by atoms with van der Waals surface area (Å²) in [5.41, 5.74) is 3.17. The van der Waals surface area contributed by atoms with Crippen molar-refractivity contribution in [3.63, 3.8) is 0 Å². The quantitative estimate of drug-likeness (QED) is 0.457. The third kappa shape index (κ3) is 0.852. The summed E-state index contributed by atoms with van der Waals surface area (Å²) in [5, 5.41) is 9.73. The third-order valence-electron chi connectivity index (χ3n) is 3.06. The van der Waals surface area contributed by atoms with Crippen LogP contribution in [0.4, 0.5) is 0 Å². The highest BCUT2D eigenvalue weighted by atomic mass is 15.1. The van der Waals surface area contributed by atoms with E-state index in [4.69, 9.17) is 0 Å². The number of H-pyrrole nitrogens is 2. The van der Waals surface area contributed by atoms with Crippen molar-refractivity contribution >= 4 is 32.7 Å². The highest BCUT2D eigenvalue weighted by Gasteiger charge is 2.08. The van der Waals surface area contributed by atoms with E-state index in [1.54, 1.807) is 0 Å². The van der Waals surface area contributed by atoms with Gasteiger partial charge in [-0.05, 0) is 6.07 Å². The van der Waals surface area contributed by atoms with Gasteiger partial charge in [-0.15, -0.1) is 0 Å². The minimum absolute atomic E-state index is 1.04. The molecule has 76 valence electrons. The number of rotatable bonds is 0. The number of nitrogens with one attached hydrogen (secondary N) is 2. The number of fused-ring (bicyclic) bond motifs is 5. The van der Waals surface area contributed by atoms with E-state index in [0.717, 1.165) is 21.9 Å². The van der Waals surface area contributed by atoms with Crippen molar-refractivity contribution in [1.82, 2.24) is 15.2 Å². The summed E-state index contributed by atoms with van der Waals surface area (Å²) in [6, 6.07) is 12.5. The zero-order valence-electron chi connectivity index (χ0n) is 8.49. The Kier molecular flexibility index (Phi) is 1.31. The molecule has 0 atom stereocenters. The first kappa shape index (κ1) is 7.93. The highest BCUT2D eigenvalue weighted by Crippen LogP contribution is 2.29. The number of nitrogens with zero attached hydrogens (tertiary/aromatic N) is 1. The van der Waals surface area contributed by atoms with Crippen molar-refractivity contribution in [3.05, 3.63) is 42.6 Å². The molecule has 0 radical (unpaired) electrons. The second-order valence-corrected chi connectivity index (χ2v) is 3.97. The summed E-state index contributed by atoms with van der Waals surface area (Å²) in [6.07, 6.45) is 1.95. The molecule has 3 heteroatoms. The van der Waals surface area contributed by atoms with E-state index < -0.39 is 0 Å². The number of aromatic amines is 2. The molecule has 2 aromatic heterocycles. The van der Waals surface area contributed by atoms with Crippen molar-refractivity contribution < 1.29 is 0 Å². The van der Waals surface area contributed by atoms with Crippen molar-refractivity contribution in [2.75, 3.05) is 0 Å². The molecule has 0 spiro atoms. The summed E-state index contributed by atoms with van der Waals surface area (Å²) in [6.45, 7) is 0. The molecule has 2 N–H and O–H groups in total. The van der Waals surface area contributed by atoms with Gasteiger partial charge < -0.3 is 5.10 Å². The number of hydrogen-bond acceptors (Lipinski definition) is 1. The average Bonchev–Trinajstić information content (AvgIpc) is 2.92. The van der Waals surface area contributed by atoms with Crippen LogP contribution in [0.15, 0.2) is 42.6 Å². The molecule has 0 saturated heterocycles. The largest absolute Gasteiger partial charge is 0.307 e. The standard InChI is InChI=1S/C13H9N3/c1-2-4-11-9(3-1)10-6-5-8-7-14-16-12(8)13(10)15-11/h1-7,14,16H. The fraction of sp³-hybridized carbons (Fsp3) is 0. The molecule has 4 aromatic rings. The SMILES string of the molecule is c1ccc2c(c1)nc1c2ccc2c[nH][nH]c21. The van der Waals surface area contributed by atoms with Crippen LogP contribution >= 0.6 is 0 Å². The Morgan fingerprint density at radius 3 is 2.88 bits per heavy atom. The van der Waals surface area contributed by atoms with Crippen LogP contribution < -0.4 is 0 Å². The van der Waals surface area contributed by atoms with E-state index in [-0.39, 0.29) is 0 Å². The first-order valence-corrected chi connectivity index (χ1v) is 5.26. The first-order chi connectivity index (χ1) is 7.93. The number of hydrogen-bond donors (Lipinski definition) is 2. The molecule has 0 saturated carbocycles. The Morgan fingerprint density at radius 2 is 1.88 bits per heavy atom. The molecular formula is C13H9N3. The maximum absolute atomic E-state index is 4.66. The van der Waals surface area contributed by atoms with E-state index in [2.05, 4.69) is 39.4 Å². The topological polar surface area (TPSA) is 44.5 Å². The molecular weight excluding hydrogens is 198 g/mol. The van der Waals surface area contributed by atoms with Crippen molar-refractivity contribution in [2.24, 2.45) is 0 Å². The van der Waals surface area contributed by atoms with Crippen LogP contribution in [0.1, 0.15) is 0 Å². The number of para-hydroxylation sites is 1. The van der Waals surface area contributed by atoms with Gasteiger partial charge in [0.05, 0.1) is 16.6 Å². The Bertz CT molecular complexity index is 808. The average molecular weight is 207 g/mol. The van der Waals surface area contributed by atoms with Gasteiger partial charge in [-0.3, -0.25) is 5.10 Å². The lowest BCUT2D eigenvalue weighted by Gasteiger charge is -1.91. The van der Waals surface area contributed by atoms with Gasteiger partial charge in [0.1, 0.15) is 0 Å². The summed E-state index contributed by atoms with van der Waals surface area (Å²) < 4.78 is 0. The second kappa shape index (κ2) is 2.64. The normalized spacial score (nSPS) is 11.8. The molecule has 2 aromatic carbocycles. The Morgan fingerprint density at radius 1 is 0.938 bits per heavy atom. The minimum Gasteiger partial charge on any atom is -0.307 e. The van der Waals surface area contributed by atoms with Crippen LogP contribution in [0.2, 0.25) is 0 Å². The smallest absolute Gasteiger partial charge is 0.0972 e. The molecule has 4 rings (SSSR count). The summed E-state index contributed by atoms with van der Waals surface area (Å²) >= 11 is 0. The fourth-order valence-corrected chi connectivity index (χ4v) is 2.30. The lowest BCUT2D eigenvalue weighted by atomic mass is 10.1. The Hall–Kier alpha value is -2.29. The molecule has 0 amide bonds. The van der Waals surface area contributed by atoms with E-state index in [1.165, 1.54) is 10.8 Å². The van der Waals surface area contributed by atoms with Crippen molar-refractivity contribution in [2.45, 2.75) is 0 Å². The summed E-state index contributed by atoms with van der Waals surface area (Å²) in [7, 11) is 0. The second-order valence-electron chi connectivity index (χ2n) is 3.97. The molecule has 16 heavy (non-hydrogen) atoms. The number of benzene rings is 2. The van der Waals surface area contributed by atoms with Crippen LogP contribution in [0, 0.1) is 0 Å². The predicted octanol–water partition coefficient (Wildman–Crippen LogP) is 3.20. The van der Waals surface area contributed by atoms with Gasteiger partial charge in [0, 0.05) is 22.4 Å². The highest BCUT2D eigenvalue weighted by molar-refractivity contribution is 6.15. The first-order valence-electron chi connectivity index (χ1n) is 5.26. The summed E-state index contributed by atoms with van der Waals surface area (Å²) in [4.78, 5) is 4.66. The zero-order valence-corrected chi connectivity index (χ0v) is 8.49. The lowest BCUT2D eigenvalue weighted by molar-refractivity contribution is 1.12. The van der Waals surface area contributed by atoms with Gasteiger partial charge in [0.25, 0.3) is 0 Å². The van der Waals surface area contributed by atoms with Gasteiger partial charge in [0.15, 0.2) is 0 Å². The third-order valence-corrected chi connectivity index (χ3v) is 3.06. The summed E-state index contributed by atoms with van der Waals surface area (Å²) in [5.74, 6) is 0. The van der Waals surface area contributed by atoms with Crippen LogP contribution in [0.5, 0.6) is 0 Å². The van der Waals surface area contributed by atoms with Crippen LogP contribution in [-0.2, 0) is 0 Å². The van der Waals surface area contributed by atoms with Gasteiger partial charge in [-0.1, -0.05) is 30.3 Å². The monoisotopic (exact) mass is 207 g/mol. The van der Waals surface area contributed by atoms with E-state index in [1.807, 2.05) is 18.3 Å². The van der Waals surface area contributed by atoms with Gasteiger partial charge in [-0.25, -0.2) is 4.98 Å². The van der Waals surface area contributed by atoms with Crippen LogP contribution in [0.25, 0.3) is 32.7 Å². The molecule has 2 heterocycles. The molecule has 0 aliphatic carbocycles. The lowest BCUT2D eigenvalue weighted by Crippen LogP contribution is -1.72. The van der Waals surface area contributed by atoms with Gasteiger partial charge in [0.2, 0.25) is 0 Å². The molecule has 0 fully saturated rings. The van der Waals surface area contributed by atoms with Crippen LogP contribution in [-0.4, -0.2) is 15.2 Å². The molecule has 0 aliphatic rings. The number of aromatic nitrogens is 3. The van der Waals surface area contributed by atoms with Gasteiger partial charge in [-0.2, -0.15) is 0 Å². The van der Waals surface area contributed by atoms with E-state index >= 15 is 0 Å². The van der Waals surface area contributed by atoms with Crippen molar-refractivity contribution in [3.8, 4) is 0 Å². The van der Waals surface area contributed by atoms with E-state index in [9.17, 15) is 0 Å². The molecule has 0 aliphatic heterocycles. The molecule has 0 unspecified atom stereocenters. The van der Waals surface area contributed by atoms with Crippen molar-refractivity contribution in [1.29, 1.82) is 0 Å². The minimum atomic E-state index is 1.04. The Labute approximate surface area is 91.1 Å². The molecule has 0 bridgehead atoms. The van der Waals surface area contributed by atoms with Gasteiger partial charge >= 0.3 is 0 Å². The maximum atomic E-state index is 4.66. The van der Waals surface area contributed by atoms with Crippen LogP contribution in [0.3, 0.4) is 0 Å².